The summed E-state index contributed by atoms with van der Waals surface area (Å²) in [6.07, 6.45) is 4.41. The number of rotatable bonds is 7. The standard InChI is InChI=1S/C25H32N6O3/c1-29-7-9-31(10-8-29)15-17-11-18(17)24(32)28-22-13-16-12-19(30(2)20(16)14-27-22)23-21(33-3)5-6-26-25(23)34-4/h5-6,12-14,17-18H,7-11,15H2,1-4H3,(H,27,28,32)/t17-,18+/m0/s1. The number of carbonyl (C=O) groups excluding carboxylic acids is 1. The summed E-state index contributed by atoms with van der Waals surface area (Å²) in [6.45, 7) is 5.38. The fourth-order valence-electron chi connectivity index (χ4n) is 4.88. The van der Waals surface area contributed by atoms with Crippen molar-refractivity contribution >= 4 is 22.6 Å². The summed E-state index contributed by atoms with van der Waals surface area (Å²) < 4.78 is 13.1. The van der Waals surface area contributed by atoms with Crippen LogP contribution in [0.15, 0.2) is 30.6 Å². The van der Waals surface area contributed by atoms with E-state index in [2.05, 4.69) is 32.1 Å². The number of carbonyl (C=O) groups is 1. The Kier molecular flexibility index (Phi) is 6.14. The Morgan fingerprint density at radius 1 is 1.12 bits per heavy atom. The van der Waals surface area contributed by atoms with Crippen LogP contribution in [0.25, 0.3) is 22.2 Å². The van der Waals surface area contributed by atoms with Crippen LogP contribution in [-0.4, -0.2) is 84.2 Å². The zero-order chi connectivity index (χ0) is 23.8. The number of hydrogen-bond acceptors (Lipinski definition) is 7. The highest BCUT2D eigenvalue weighted by molar-refractivity contribution is 5.96. The largest absolute Gasteiger partial charge is 0.496 e. The van der Waals surface area contributed by atoms with Crippen molar-refractivity contribution in [2.75, 3.05) is 59.3 Å². The second-order valence-corrected chi connectivity index (χ2v) is 9.31. The Morgan fingerprint density at radius 2 is 1.91 bits per heavy atom. The van der Waals surface area contributed by atoms with Gasteiger partial charge in [0.15, 0.2) is 0 Å². The number of ether oxygens (including phenoxy) is 2. The van der Waals surface area contributed by atoms with Crippen LogP contribution >= 0.6 is 0 Å². The molecular formula is C25H32N6O3. The van der Waals surface area contributed by atoms with Crippen molar-refractivity contribution in [2.45, 2.75) is 6.42 Å². The molecule has 180 valence electrons. The number of methoxy groups -OCH3 is 2. The van der Waals surface area contributed by atoms with Crippen LogP contribution in [0.1, 0.15) is 6.42 Å². The molecule has 9 nitrogen and oxygen atoms in total. The van der Waals surface area contributed by atoms with Crippen molar-refractivity contribution < 1.29 is 14.3 Å². The number of piperazine rings is 1. The highest BCUT2D eigenvalue weighted by atomic mass is 16.5. The third-order valence-corrected chi connectivity index (χ3v) is 7.08. The third kappa shape index (κ3) is 4.33. The molecule has 3 aromatic rings. The SMILES string of the molecule is COc1ccnc(OC)c1-c1cc2cc(NC(=O)[C@@H]3C[C@H]3CN3CCN(C)CC3)ncc2n1C. The molecule has 0 radical (unpaired) electrons. The van der Waals surface area contributed by atoms with Crippen molar-refractivity contribution in [3.05, 3.63) is 30.6 Å². The number of amides is 1. The van der Waals surface area contributed by atoms with E-state index in [-0.39, 0.29) is 11.8 Å². The molecule has 0 aromatic carbocycles. The van der Waals surface area contributed by atoms with E-state index >= 15 is 0 Å². The lowest BCUT2D eigenvalue weighted by Gasteiger charge is -2.32. The zero-order valence-electron chi connectivity index (χ0n) is 20.2. The number of pyridine rings is 2. The summed E-state index contributed by atoms with van der Waals surface area (Å²) in [5, 5.41) is 4.01. The summed E-state index contributed by atoms with van der Waals surface area (Å²) in [5.74, 6) is 2.34. The van der Waals surface area contributed by atoms with Crippen molar-refractivity contribution in [3.8, 4) is 22.9 Å². The number of likely N-dealkylation sites (N-methyl/N-ethyl adjacent to an activating group) is 1. The Balaban J connectivity index is 1.31. The van der Waals surface area contributed by atoms with Gasteiger partial charge in [0.05, 0.1) is 31.6 Å². The fraction of sp³-hybridized carbons (Fsp3) is 0.480. The van der Waals surface area contributed by atoms with Gasteiger partial charge in [-0.3, -0.25) is 4.79 Å². The van der Waals surface area contributed by atoms with E-state index in [9.17, 15) is 4.79 Å². The van der Waals surface area contributed by atoms with Crippen molar-refractivity contribution in [3.63, 3.8) is 0 Å². The van der Waals surface area contributed by atoms with E-state index in [0.717, 1.165) is 61.3 Å². The monoisotopic (exact) mass is 464 g/mol. The number of aryl methyl sites for hydroxylation is 1. The molecule has 5 rings (SSSR count). The molecule has 2 atom stereocenters. The quantitative estimate of drug-likeness (QED) is 0.575. The van der Waals surface area contributed by atoms with Gasteiger partial charge in [0.2, 0.25) is 11.8 Å². The van der Waals surface area contributed by atoms with E-state index in [0.29, 0.717) is 23.4 Å². The van der Waals surface area contributed by atoms with E-state index < -0.39 is 0 Å². The molecule has 0 bridgehead atoms. The summed E-state index contributed by atoms with van der Waals surface area (Å²) in [7, 11) is 7.35. The molecule has 1 N–H and O–H groups in total. The summed E-state index contributed by atoms with van der Waals surface area (Å²) in [6, 6.07) is 5.78. The molecule has 0 unspecified atom stereocenters. The van der Waals surface area contributed by atoms with Crippen molar-refractivity contribution in [1.82, 2.24) is 24.3 Å². The summed E-state index contributed by atoms with van der Waals surface area (Å²) >= 11 is 0. The van der Waals surface area contributed by atoms with E-state index in [1.165, 1.54) is 0 Å². The number of fused-ring (bicyclic) bond motifs is 1. The van der Waals surface area contributed by atoms with Crippen LogP contribution < -0.4 is 14.8 Å². The zero-order valence-corrected chi connectivity index (χ0v) is 20.2. The third-order valence-electron chi connectivity index (χ3n) is 7.08. The van der Waals surface area contributed by atoms with Crippen LogP contribution in [-0.2, 0) is 11.8 Å². The molecule has 34 heavy (non-hydrogen) atoms. The maximum atomic E-state index is 12.9. The number of hydrogen-bond donors (Lipinski definition) is 1. The molecular weight excluding hydrogens is 432 g/mol. The van der Waals surface area contributed by atoms with Gasteiger partial charge >= 0.3 is 0 Å². The maximum Gasteiger partial charge on any atom is 0.228 e. The summed E-state index contributed by atoms with van der Waals surface area (Å²) in [4.78, 5) is 26.5. The predicted molar refractivity (Wildman–Crippen MR) is 131 cm³/mol. The molecule has 1 saturated carbocycles. The van der Waals surface area contributed by atoms with Gasteiger partial charge in [0.1, 0.15) is 17.1 Å². The van der Waals surface area contributed by atoms with Gasteiger partial charge < -0.3 is 29.2 Å². The summed E-state index contributed by atoms with van der Waals surface area (Å²) in [5.41, 5.74) is 2.62. The highest BCUT2D eigenvalue weighted by Gasteiger charge is 2.44. The number of nitrogens with one attached hydrogen (secondary N) is 1. The Bertz CT molecular complexity index is 1180. The number of anilines is 1. The fourth-order valence-corrected chi connectivity index (χ4v) is 4.88. The van der Waals surface area contributed by atoms with Gasteiger partial charge in [-0.2, -0.15) is 0 Å². The lowest BCUT2D eigenvalue weighted by atomic mass is 10.1. The average molecular weight is 465 g/mol. The lowest BCUT2D eigenvalue weighted by molar-refractivity contribution is -0.117. The minimum absolute atomic E-state index is 0.0673. The predicted octanol–water partition coefficient (Wildman–Crippen LogP) is 2.47. The minimum Gasteiger partial charge on any atom is -0.496 e. The smallest absolute Gasteiger partial charge is 0.228 e. The number of aromatic nitrogens is 3. The Morgan fingerprint density at radius 3 is 2.65 bits per heavy atom. The normalized spacial score (nSPS) is 20.9. The van der Waals surface area contributed by atoms with Gasteiger partial charge in [-0.1, -0.05) is 0 Å². The first kappa shape index (κ1) is 22.6. The molecule has 3 aromatic heterocycles. The molecule has 9 heteroatoms. The second-order valence-electron chi connectivity index (χ2n) is 9.31. The molecule has 2 aliphatic rings. The van der Waals surface area contributed by atoms with Crippen molar-refractivity contribution in [1.29, 1.82) is 0 Å². The Hall–Kier alpha value is -3.17. The lowest BCUT2D eigenvalue weighted by Crippen LogP contribution is -2.45. The first-order chi connectivity index (χ1) is 16.5. The van der Waals surface area contributed by atoms with Gasteiger partial charge in [0.25, 0.3) is 0 Å². The maximum absolute atomic E-state index is 12.9. The van der Waals surface area contributed by atoms with Crippen LogP contribution in [0.4, 0.5) is 5.82 Å². The second kappa shape index (κ2) is 9.23. The van der Waals surface area contributed by atoms with Gasteiger partial charge in [-0.05, 0) is 37.6 Å². The molecule has 1 saturated heterocycles. The van der Waals surface area contributed by atoms with Crippen LogP contribution in [0.3, 0.4) is 0 Å². The van der Waals surface area contributed by atoms with E-state index in [4.69, 9.17) is 9.47 Å². The van der Waals surface area contributed by atoms with E-state index in [1.54, 1.807) is 26.6 Å². The molecule has 2 fully saturated rings. The molecule has 1 amide bonds. The first-order valence-corrected chi connectivity index (χ1v) is 11.7. The molecule has 1 aliphatic heterocycles. The first-order valence-electron chi connectivity index (χ1n) is 11.7. The molecule has 4 heterocycles. The topological polar surface area (TPSA) is 84.8 Å². The average Bonchev–Trinajstić information content (AvgIpc) is 3.55. The minimum atomic E-state index is 0.0673. The van der Waals surface area contributed by atoms with Gasteiger partial charge in [-0.25, -0.2) is 9.97 Å². The van der Waals surface area contributed by atoms with Crippen LogP contribution in [0, 0.1) is 11.8 Å². The molecule has 0 spiro atoms. The van der Waals surface area contributed by atoms with Crippen LogP contribution in [0.2, 0.25) is 0 Å². The van der Waals surface area contributed by atoms with Crippen molar-refractivity contribution in [2.24, 2.45) is 18.9 Å². The van der Waals surface area contributed by atoms with Gasteiger partial charge in [-0.15, -0.1) is 0 Å². The number of nitrogens with zero attached hydrogens (tertiary/aromatic N) is 5. The van der Waals surface area contributed by atoms with E-state index in [1.807, 2.05) is 29.8 Å². The Labute approximate surface area is 199 Å². The highest BCUT2D eigenvalue weighted by Crippen LogP contribution is 2.41. The van der Waals surface area contributed by atoms with Crippen LogP contribution in [0.5, 0.6) is 11.6 Å². The van der Waals surface area contributed by atoms with Gasteiger partial charge in [0, 0.05) is 57.3 Å². The molecule has 1 aliphatic carbocycles.